The molecule has 0 spiro atoms. The molecule has 4 nitrogen and oxygen atoms in total. The van der Waals surface area contributed by atoms with Crippen LogP contribution in [-0.4, -0.2) is 37.0 Å². The van der Waals surface area contributed by atoms with Gasteiger partial charge in [0.05, 0.1) is 6.54 Å². The van der Waals surface area contributed by atoms with Gasteiger partial charge < -0.3 is 11.1 Å². The van der Waals surface area contributed by atoms with Gasteiger partial charge in [-0.05, 0) is 36.2 Å². The van der Waals surface area contributed by atoms with Gasteiger partial charge in [0.15, 0.2) is 0 Å². The fourth-order valence-corrected chi connectivity index (χ4v) is 3.38. The van der Waals surface area contributed by atoms with Gasteiger partial charge >= 0.3 is 0 Å². The largest absolute Gasteiger partial charge is 0.330 e. The number of amides is 1. The molecule has 0 aliphatic carbocycles. The third kappa shape index (κ3) is 5.01. The van der Waals surface area contributed by atoms with Crippen molar-refractivity contribution < 1.29 is 9.18 Å². The van der Waals surface area contributed by atoms with Gasteiger partial charge in [-0.25, -0.2) is 4.39 Å². The van der Waals surface area contributed by atoms with Crippen LogP contribution in [0.5, 0.6) is 0 Å². The highest BCUT2D eigenvalue weighted by Crippen LogP contribution is 2.31. The maximum absolute atomic E-state index is 13.2. The minimum atomic E-state index is -0.360. The summed E-state index contributed by atoms with van der Waals surface area (Å²) < 4.78 is 13.2. The highest BCUT2D eigenvalue weighted by atomic mass is 35.5. The van der Waals surface area contributed by atoms with Gasteiger partial charge in [0.1, 0.15) is 5.82 Å². The van der Waals surface area contributed by atoms with Crippen LogP contribution in [0, 0.1) is 11.7 Å². The maximum Gasteiger partial charge on any atom is 0.238 e. The average Bonchev–Trinajstić information content (AvgIpc) is 2.98. The van der Waals surface area contributed by atoms with Gasteiger partial charge in [0.2, 0.25) is 5.91 Å². The number of hydrogen-bond donors (Lipinski definition) is 2. The van der Waals surface area contributed by atoms with E-state index in [0.717, 1.165) is 13.1 Å². The van der Waals surface area contributed by atoms with E-state index in [0.29, 0.717) is 24.1 Å². The van der Waals surface area contributed by atoms with Crippen LogP contribution < -0.4 is 11.1 Å². The first-order valence-electron chi connectivity index (χ1n) is 8.18. The summed E-state index contributed by atoms with van der Waals surface area (Å²) in [5.74, 6) is 0.193. The molecule has 0 aromatic heterocycles. The Morgan fingerprint density at radius 1 is 1.16 bits per heavy atom. The summed E-state index contributed by atoms with van der Waals surface area (Å²) >= 11 is 0. The van der Waals surface area contributed by atoms with Crippen molar-refractivity contribution in [2.45, 2.75) is 5.92 Å². The van der Waals surface area contributed by atoms with E-state index in [1.807, 2.05) is 18.2 Å². The van der Waals surface area contributed by atoms with E-state index in [1.165, 1.54) is 17.7 Å². The normalized spacial score (nSPS) is 20.1. The molecule has 3 rings (SSSR count). The molecule has 6 heteroatoms. The molecule has 0 bridgehead atoms. The number of nitrogens with two attached hydrogens (primary N) is 1. The van der Waals surface area contributed by atoms with Crippen molar-refractivity contribution in [1.82, 2.24) is 4.90 Å². The lowest BCUT2D eigenvalue weighted by Gasteiger charge is -2.16. The van der Waals surface area contributed by atoms with Gasteiger partial charge in [-0.15, -0.1) is 12.4 Å². The fraction of sp³-hybridized carbons (Fsp3) is 0.316. The zero-order chi connectivity index (χ0) is 16.9. The molecule has 3 N–H and O–H groups in total. The van der Waals surface area contributed by atoms with Crippen LogP contribution >= 0.6 is 12.4 Å². The van der Waals surface area contributed by atoms with Crippen molar-refractivity contribution in [3.05, 3.63) is 66.0 Å². The first-order valence-corrected chi connectivity index (χ1v) is 8.18. The Kier molecular flexibility index (Phi) is 6.93. The van der Waals surface area contributed by atoms with E-state index in [-0.39, 0.29) is 30.7 Å². The molecule has 134 valence electrons. The monoisotopic (exact) mass is 363 g/mol. The highest BCUT2D eigenvalue weighted by Gasteiger charge is 2.33. The van der Waals surface area contributed by atoms with Crippen molar-refractivity contribution >= 4 is 24.0 Å². The van der Waals surface area contributed by atoms with E-state index in [2.05, 4.69) is 22.3 Å². The van der Waals surface area contributed by atoms with Gasteiger partial charge in [0.25, 0.3) is 0 Å². The van der Waals surface area contributed by atoms with Gasteiger partial charge in [-0.3, -0.25) is 9.69 Å². The SMILES string of the molecule is Cl.NC[C@@H]1CN(CC(=O)Nc2cccc(F)c2)C[C@H]1c1ccccc1. The Bertz CT molecular complexity index is 698. The van der Waals surface area contributed by atoms with Crippen molar-refractivity contribution in [2.75, 3.05) is 31.5 Å². The second-order valence-corrected chi connectivity index (χ2v) is 6.27. The number of nitrogens with one attached hydrogen (secondary N) is 1. The number of likely N-dealkylation sites (tertiary alicyclic amines) is 1. The number of carbonyl (C=O) groups is 1. The number of halogens is 2. The van der Waals surface area contributed by atoms with Crippen LogP contribution in [0.25, 0.3) is 0 Å². The molecule has 1 aliphatic rings. The molecule has 25 heavy (non-hydrogen) atoms. The Balaban J connectivity index is 0.00000225. The van der Waals surface area contributed by atoms with E-state index in [9.17, 15) is 9.18 Å². The predicted octanol–water partition coefficient (Wildman–Crippen LogP) is 2.86. The first kappa shape index (κ1) is 19.4. The van der Waals surface area contributed by atoms with Gasteiger partial charge in [0, 0.05) is 24.7 Å². The van der Waals surface area contributed by atoms with E-state index >= 15 is 0 Å². The van der Waals surface area contributed by atoms with Crippen molar-refractivity contribution in [2.24, 2.45) is 11.7 Å². The molecule has 0 unspecified atom stereocenters. The van der Waals surface area contributed by atoms with E-state index in [4.69, 9.17) is 5.73 Å². The molecule has 0 saturated carbocycles. The molecule has 1 amide bonds. The lowest BCUT2D eigenvalue weighted by molar-refractivity contribution is -0.117. The molecule has 2 atom stereocenters. The Morgan fingerprint density at radius 3 is 2.60 bits per heavy atom. The zero-order valence-corrected chi connectivity index (χ0v) is 14.7. The Labute approximate surface area is 153 Å². The number of benzene rings is 2. The summed E-state index contributed by atoms with van der Waals surface area (Å²) in [6, 6.07) is 16.2. The van der Waals surface area contributed by atoms with Crippen molar-refractivity contribution in [3.8, 4) is 0 Å². The lowest BCUT2D eigenvalue weighted by Crippen LogP contribution is -2.32. The number of carbonyl (C=O) groups excluding carboxylic acids is 1. The average molecular weight is 364 g/mol. The summed E-state index contributed by atoms with van der Waals surface area (Å²) in [6.07, 6.45) is 0. The van der Waals surface area contributed by atoms with E-state index < -0.39 is 0 Å². The number of hydrogen-bond acceptors (Lipinski definition) is 3. The smallest absolute Gasteiger partial charge is 0.238 e. The fourth-order valence-electron chi connectivity index (χ4n) is 3.38. The molecular weight excluding hydrogens is 341 g/mol. The molecule has 1 aliphatic heterocycles. The minimum absolute atomic E-state index is 0. The van der Waals surface area contributed by atoms with Crippen molar-refractivity contribution in [1.29, 1.82) is 0 Å². The second-order valence-electron chi connectivity index (χ2n) is 6.27. The standard InChI is InChI=1S/C19H22FN3O.ClH/c20-16-7-4-8-17(9-16)22-19(24)13-23-11-15(10-21)18(12-23)14-5-2-1-3-6-14;/h1-9,15,18H,10-13,21H2,(H,22,24);1H/t15-,18+;/m1./s1. The summed E-state index contributed by atoms with van der Waals surface area (Å²) in [6.45, 7) is 2.49. The highest BCUT2D eigenvalue weighted by molar-refractivity contribution is 5.92. The Hall–Kier alpha value is -1.95. The number of anilines is 1. The summed E-state index contributed by atoms with van der Waals surface area (Å²) in [7, 11) is 0. The molecule has 2 aromatic rings. The van der Waals surface area contributed by atoms with Gasteiger partial charge in [-0.1, -0.05) is 36.4 Å². The summed E-state index contributed by atoms with van der Waals surface area (Å²) in [4.78, 5) is 14.3. The quantitative estimate of drug-likeness (QED) is 0.858. The molecule has 1 heterocycles. The summed E-state index contributed by atoms with van der Waals surface area (Å²) in [5, 5.41) is 2.75. The zero-order valence-electron chi connectivity index (χ0n) is 13.9. The first-order chi connectivity index (χ1) is 11.7. The summed E-state index contributed by atoms with van der Waals surface area (Å²) in [5.41, 5.74) is 7.67. The molecular formula is C19H23ClFN3O. The number of rotatable bonds is 5. The minimum Gasteiger partial charge on any atom is -0.330 e. The van der Waals surface area contributed by atoms with Crippen LogP contribution in [0.3, 0.4) is 0 Å². The van der Waals surface area contributed by atoms with Crippen LogP contribution in [-0.2, 0) is 4.79 Å². The maximum atomic E-state index is 13.2. The van der Waals surface area contributed by atoms with Crippen molar-refractivity contribution in [3.63, 3.8) is 0 Å². The third-order valence-electron chi connectivity index (χ3n) is 4.52. The lowest BCUT2D eigenvalue weighted by atomic mass is 9.89. The molecule has 0 radical (unpaired) electrons. The van der Waals surface area contributed by atoms with Crippen LogP contribution in [0.4, 0.5) is 10.1 Å². The van der Waals surface area contributed by atoms with Crippen LogP contribution in [0.2, 0.25) is 0 Å². The topological polar surface area (TPSA) is 58.4 Å². The second kappa shape index (κ2) is 8.94. The number of nitrogens with zero attached hydrogens (tertiary/aromatic N) is 1. The third-order valence-corrected chi connectivity index (χ3v) is 4.52. The van der Waals surface area contributed by atoms with E-state index in [1.54, 1.807) is 12.1 Å². The molecule has 1 saturated heterocycles. The predicted molar refractivity (Wildman–Crippen MR) is 100 cm³/mol. The molecule has 2 aromatic carbocycles. The van der Waals surface area contributed by atoms with Gasteiger partial charge in [-0.2, -0.15) is 0 Å². The van der Waals surface area contributed by atoms with Crippen LogP contribution in [0.1, 0.15) is 11.5 Å². The Morgan fingerprint density at radius 2 is 1.92 bits per heavy atom. The molecule has 1 fully saturated rings. The van der Waals surface area contributed by atoms with Crippen LogP contribution in [0.15, 0.2) is 54.6 Å².